The van der Waals surface area contributed by atoms with Crippen molar-refractivity contribution in [2.75, 3.05) is 30.7 Å². The molecule has 8 nitrogen and oxygen atoms in total. The summed E-state index contributed by atoms with van der Waals surface area (Å²) in [5.74, 6) is 1.50. The van der Waals surface area contributed by atoms with Gasteiger partial charge >= 0.3 is 0 Å². The highest BCUT2D eigenvalue weighted by Crippen LogP contribution is 2.33. The smallest absolute Gasteiger partial charge is 0.251 e. The van der Waals surface area contributed by atoms with Crippen molar-refractivity contribution in [1.82, 2.24) is 24.8 Å². The normalized spacial score (nSPS) is 20.7. The van der Waals surface area contributed by atoms with Crippen LogP contribution in [0.15, 0.2) is 46.2 Å². The molecule has 0 saturated carbocycles. The predicted octanol–water partition coefficient (Wildman–Crippen LogP) is 2.19. The molecule has 3 aliphatic heterocycles. The molecule has 6 heterocycles. The zero-order chi connectivity index (χ0) is 22.4. The summed E-state index contributed by atoms with van der Waals surface area (Å²) in [6.45, 7) is 4.50. The molecule has 2 N–H and O–H groups in total. The molecule has 0 radical (unpaired) electrons. The number of rotatable bonds is 5. The first kappa shape index (κ1) is 20.8. The second-order valence-electron chi connectivity index (χ2n) is 9.06. The molecule has 0 spiro atoms. The molecular weight excluding hydrogens is 436 g/mol. The molecule has 1 fully saturated rings. The predicted molar refractivity (Wildman–Crippen MR) is 129 cm³/mol. The van der Waals surface area contributed by atoms with E-state index in [1.54, 1.807) is 6.07 Å². The molecule has 3 aromatic rings. The number of carbonyl (C=O) groups is 1. The first-order valence-electron chi connectivity index (χ1n) is 11.5. The lowest BCUT2D eigenvalue weighted by atomic mass is 9.98. The summed E-state index contributed by atoms with van der Waals surface area (Å²) >= 11 is 1.54. The summed E-state index contributed by atoms with van der Waals surface area (Å²) in [7, 11) is 0. The number of piperidine rings is 1. The van der Waals surface area contributed by atoms with Crippen LogP contribution in [0.4, 0.5) is 5.82 Å². The van der Waals surface area contributed by atoms with E-state index in [4.69, 9.17) is 0 Å². The topological polar surface area (TPSA) is 92.2 Å². The number of fused-ring (bicyclic) bond motifs is 1. The second-order valence-corrected chi connectivity index (χ2v) is 10.1. The third-order valence-electron chi connectivity index (χ3n) is 6.92. The molecule has 1 amide bonds. The fourth-order valence-corrected chi connectivity index (χ4v) is 5.98. The molecule has 0 aliphatic carbocycles. The number of likely N-dealkylation sites (tertiary alicyclic amines) is 1. The minimum absolute atomic E-state index is 0.0141. The Labute approximate surface area is 195 Å². The average molecular weight is 463 g/mol. The number of aromatic nitrogens is 3. The Morgan fingerprint density at radius 1 is 1.12 bits per heavy atom. The highest BCUT2D eigenvalue weighted by molar-refractivity contribution is 8.00. The maximum Gasteiger partial charge on any atom is 0.251 e. The standard InChI is InChI=1S/C24H26N6O2S/c31-21-14-33-20-3-1-17(27-24(20)28-21)11-26-16-6-9-29(10-7-16)12-15-13-30-22(32)4-2-19-23(30)18(15)5-8-25-19/h1-5,8,15-16,26H,6-7,9-14H2,(H,27,28,31). The van der Waals surface area contributed by atoms with Gasteiger partial charge in [-0.2, -0.15) is 0 Å². The highest BCUT2D eigenvalue weighted by atomic mass is 32.2. The van der Waals surface area contributed by atoms with E-state index in [9.17, 15) is 9.59 Å². The van der Waals surface area contributed by atoms with Crippen LogP contribution in [0, 0.1) is 0 Å². The molecule has 0 bridgehead atoms. The number of carbonyl (C=O) groups excluding carboxylic acids is 1. The van der Waals surface area contributed by atoms with Gasteiger partial charge in [0.25, 0.3) is 5.56 Å². The number of hydrogen-bond donors (Lipinski definition) is 2. The Kier molecular flexibility index (Phi) is 5.40. The Bertz CT molecular complexity index is 1280. The van der Waals surface area contributed by atoms with E-state index in [0.29, 0.717) is 30.1 Å². The van der Waals surface area contributed by atoms with Crippen molar-refractivity contribution in [3.05, 3.63) is 58.1 Å². The van der Waals surface area contributed by atoms with Crippen LogP contribution in [0.3, 0.4) is 0 Å². The number of nitrogens with zero attached hydrogens (tertiary/aromatic N) is 4. The van der Waals surface area contributed by atoms with E-state index in [1.807, 2.05) is 29.0 Å². The molecule has 9 heteroatoms. The largest absolute Gasteiger partial charge is 0.309 e. The molecule has 3 aromatic heterocycles. The number of amides is 1. The average Bonchev–Trinajstić information content (AvgIpc) is 3.21. The van der Waals surface area contributed by atoms with Crippen LogP contribution < -0.4 is 16.2 Å². The monoisotopic (exact) mass is 462 g/mol. The summed E-state index contributed by atoms with van der Waals surface area (Å²) in [5, 5.41) is 6.51. The lowest BCUT2D eigenvalue weighted by Gasteiger charge is -2.34. The van der Waals surface area contributed by atoms with E-state index in [0.717, 1.165) is 60.6 Å². The molecule has 1 unspecified atom stereocenters. The first-order chi connectivity index (χ1) is 16.1. The van der Waals surface area contributed by atoms with Gasteiger partial charge in [-0.25, -0.2) is 4.98 Å². The Balaban J connectivity index is 1.04. The summed E-state index contributed by atoms with van der Waals surface area (Å²) in [5.41, 5.74) is 4.19. The van der Waals surface area contributed by atoms with Crippen molar-refractivity contribution in [2.24, 2.45) is 0 Å². The van der Waals surface area contributed by atoms with E-state index in [1.165, 1.54) is 17.3 Å². The van der Waals surface area contributed by atoms with Gasteiger partial charge in [0.15, 0.2) is 0 Å². The SMILES string of the molecule is O=C1CSc2ccc(CNC3CCN(CC4Cn5c(=O)ccc6nccc4c65)CC3)nc2N1. The zero-order valence-electron chi connectivity index (χ0n) is 18.3. The van der Waals surface area contributed by atoms with Crippen molar-refractivity contribution in [3.8, 4) is 0 Å². The third-order valence-corrected chi connectivity index (χ3v) is 7.96. The Morgan fingerprint density at radius 2 is 2.00 bits per heavy atom. The minimum Gasteiger partial charge on any atom is -0.309 e. The highest BCUT2D eigenvalue weighted by Gasteiger charge is 2.29. The number of anilines is 1. The van der Waals surface area contributed by atoms with Crippen LogP contribution in [0.5, 0.6) is 0 Å². The molecule has 1 saturated heterocycles. The summed E-state index contributed by atoms with van der Waals surface area (Å²) < 4.78 is 1.89. The van der Waals surface area contributed by atoms with E-state index in [2.05, 4.69) is 31.6 Å². The van der Waals surface area contributed by atoms with Crippen molar-refractivity contribution < 1.29 is 4.79 Å². The summed E-state index contributed by atoms with van der Waals surface area (Å²) in [4.78, 5) is 36.6. The molecule has 1 atom stereocenters. The van der Waals surface area contributed by atoms with Crippen LogP contribution in [0.25, 0.3) is 11.0 Å². The van der Waals surface area contributed by atoms with Crippen molar-refractivity contribution in [3.63, 3.8) is 0 Å². The van der Waals surface area contributed by atoms with Gasteiger partial charge in [-0.05, 0) is 55.8 Å². The quantitative estimate of drug-likeness (QED) is 0.601. The molecule has 33 heavy (non-hydrogen) atoms. The van der Waals surface area contributed by atoms with E-state index >= 15 is 0 Å². The maximum atomic E-state index is 12.3. The lowest BCUT2D eigenvalue weighted by Crippen LogP contribution is -2.43. The van der Waals surface area contributed by atoms with E-state index in [-0.39, 0.29) is 11.5 Å². The van der Waals surface area contributed by atoms with Crippen molar-refractivity contribution >= 4 is 34.5 Å². The third kappa shape index (κ3) is 4.05. The Hall–Kier alpha value is -2.75. The second kappa shape index (κ2) is 8.55. The van der Waals surface area contributed by atoms with Gasteiger partial charge in [-0.1, -0.05) is 0 Å². The number of thioether (sulfide) groups is 1. The van der Waals surface area contributed by atoms with Gasteiger partial charge in [0.05, 0.1) is 27.4 Å². The van der Waals surface area contributed by atoms with Gasteiger partial charge in [0, 0.05) is 43.9 Å². The molecule has 0 aromatic carbocycles. The van der Waals surface area contributed by atoms with Gasteiger partial charge in [0.1, 0.15) is 5.82 Å². The summed E-state index contributed by atoms with van der Waals surface area (Å²) in [6, 6.07) is 10.1. The first-order valence-corrected chi connectivity index (χ1v) is 12.5. The fourth-order valence-electron chi connectivity index (χ4n) is 5.22. The minimum atomic E-state index is 0.0141. The number of nitrogens with one attached hydrogen (secondary N) is 2. The Morgan fingerprint density at radius 3 is 2.88 bits per heavy atom. The fraction of sp³-hybridized carbons (Fsp3) is 0.417. The van der Waals surface area contributed by atoms with Gasteiger partial charge < -0.3 is 20.1 Å². The molecule has 6 rings (SSSR count). The number of hydrogen-bond acceptors (Lipinski definition) is 7. The van der Waals surface area contributed by atoms with Crippen LogP contribution in [0.1, 0.15) is 30.0 Å². The zero-order valence-corrected chi connectivity index (χ0v) is 19.1. The van der Waals surface area contributed by atoms with Crippen LogP contribution in [-0.4, -0.2) is 56.8 Å². The van der Waals surface area contributed by atoms with Crippen LogP contribution >= 0.6 is 11.8 Å². The molecular formula is C24H26N6O2S. The van der Waals surface area contributed by atoms with Crippen molar-refractivity contribution in [2.45, 2.75) is 42.8 Å². The molecule has 170 valence electrons. The van der Waals surface area contributed by atoms with Gasteiger partial charge in [0.2, 0.25) is 5.91 Å². The number of pyridine rings is 3. The molecule has 3 aliphatic rings. The van der Waals surface area contributed by atoms with Gasteiger partial charge in [-0.3, -0.25) is 14.6 Å². The van der Waals surface area contributed by atoms with Crippen LogP contribution in [-0.2, 0) is 17.9 Å². The van der Waals surface area contributed by atoms with Crippen LogP contribution in [0.2, 0.25) is 0 Å². The summed E-state index contributed by atoms with van der Waals surface area (Å²) in [6.07, 6.45) is 4.03. The lowest BCUT2D eigenvalue weighted by molar-refractivity contribution is -0.113. The van der Waals surface area contributed by atoms with Gasteiger partial charge in [-0.15, -0.1) is 11.8 Å². The van der Waals surface area contributed by atoms with E-state index < -0.39 is 0 Å². The maximum absolute atomic E-state index is 12.3. The van der Waals surface area contributed by atoms with Crippen molar-refractivity contribution in [1.29, 1.82) is 0 Å².